The van der Waals surface area contributed by atoms with E-state index in [4.69, 9.17) is 20.9 Å². The van der Waals surface area contributed by atoms with Crippen LogP contribution in [0.25, 0.3) is 0 Å². The molecule has 0 radical (unpaired) electrons. The van der Waals surface area contributed by atoms with Gasteiger partial charge in [0.1, 0.15) is 11.5 Å². The van der Waals surface area contributed by atoms with Crippen molar-refractivity contribution in [3.8, 4) is 11.5 Å². The number of benzene rings is 2. The van der Waals surface area contributed by atoms with E-state index in [1.807, 2.05) is 24.3 Å². The van der Waals surface area contributed by atoms with E-state index in [9.17, 15) is 4.79 Å². The van der Waals surface area contributed by atoms with Crippen LogP contribution in [0.5, 0.6) is 11.5 Å². The van der Waals surface area contributed by atoms with E-state index in [0.717, 1.165) is 12.0 Å². The molecule has 0 aliphatic heterocycles. The summed E-state index contributed by atoms with van der Waals surface area (Å²) in [6.45, 7) is 0.671. The topological polar surface area (TPSA) is 87.6 Å². The summed E-state index contributed by atoms with van der Waals surface area (Å²) >= 11 is 0. The number of primary amides is 1. The molecule has 0 aliphatic rings. The minimum Gasteiger partial charge on any atom is -0.457 e. The molecular weight excluding hydrogens is 268 g/mol. The van der Waals surface area contributed by atoms with Gasteiger partial charge in [-0.05, 0) is 42.3 Å². The quantitative estimate of drug-likeness (QED) is 0.798. The highest BCUT2D eigenvalue weighted by Crippen LogP contribution is 2.27. The second-order valence-electron chi connectivity index (χ2n) is 4.61. The molecule has 0 unspecified atom stereocenters. The third-order valence-corrected chi connectivity index (χ3v) is 3.02. The SMILES string of the molecule is COCCc1ccc(Oc2ccc(N)cc2C(N)=O)cc1. The Morgan fingerprint density at radius 1 is 1.14 bits per heavy atom. The molecule has 2 aromatic carbocycles. The molecule has 0 spiro atoms. The Hall–Kier alpha value is -2.53. The summed E-state index contributed by atoms with van der Waals surface area (Å²) in [5.74, 6) is 0.443. The van der Waals surface area contributed by atoms with Crippen molar-refractivity contribution in [2.24, 2.45) is 5.73 Å². The molecule has 0 bridgehead atoms. The first-order chi connectivity index (χ1) is 10.1. The molecule has 0 aromatic heterocycles. The first-order valence-corrected chi connectivity index (χ1v) is 6.55. The van der Waals surface area contributed by atoms with Gasteiger partial charge in [-0.15, -0.1) is 0 Å². The normalized spacial score (nSPS) is 10.3. The number of carbonyl (C=O) groups excluding carboxylic acids is 1. The lowest BCUT2D eigenvalue weighted by molar-refractivity contribution is 0.0998. The highest BCUT2D eigenvalue weighted by atomic mass is 16.5. The molecule has 0 heterocycles. The summed E-state index contributed by atoms with van der Waals surface area (Å²) in [6, 6.07) is 12.4. The van der Waals surface area contributed by atoms with Gasteiger partial charge in [0.25, 0.3) is 5.91 Å². The van der Waals surface area contributed by atoms with E-state index in [2.05, 4.69) is 0 Å². The van der Waals surface area contributed by atoms with Crippen molar-refractivity contribution < 1.29 is 14.3 Å². The van der Waals surface area contributed by atoms with Crippen molar-refractivity contribution in [1.82, 2.24) is 0 Å². The number of hydrogen-bond donors (Lipinski definition) is 2. The largest absolute Gasteiger partial charge is 0.457 e. The highest BCUT2D eigenvalue weighted by Gasteiger charge is 2.10. The second-order valence-corrected chi connectivity index (χ2v) is 4.61. The molecule has 0 aliphatic carbocycles. The number of carbonyl (C=O) groups is 1. The van der Waals surface area contributed by atoms with Gasteiger partial charge in [0.05, 0.1) is 12.2 Å². The predicted octanol–water partition coefficient (Wildman–Crippen LogP) is 2.35. The summed E-state index contributed by atoms with van der Waals surface area (Å²) < 4.78 is 10.7. The lowest BCUT2D eigenvalue weighted by Crippen LogP contribution is -2.12. The first kappa shape index (κ1) is 14.9. The molecule has 2 rings (SSSR count). The molecule has 5 heteroatoms. The Morgan fingerprint density at radius 3 is 2.48 bits per heavy atom. The maximum Gasteiger partial charge on any atom is 0.252 e. The minimum atomic E-state index is -0.575. The summed E-state index contributed by atoms with van der Waals surface area (Å²) in [5, 5.41) is 0. The number of rotatable bonds is 6. The van der Waals surface area contributed by atoms with E-state index < -0.39 is 5.91 Å². The Balaban J connectivity index is 2.16. The maximum atomic E-state index is 11.4. The van der Waals surface area contributed by atoms with Crippen molar-refractivity contribution >= 4 is 11.6 Å². The van der Waals surface area contributed by atoms with E-state index in [1.54, 1.807) is 19.2 Å². The van der Waals surface area contributed by atoms with Crippen LogP contribution >= 0.6 is 0 Å². The standard InChI is InChI=1S/C16H18N2O3/c1-20-9-8-11-2-5-13(6-3-11)21-15-7-4-12(17)10-14(15)16(18)19/h2-7,10H,8-9,17H2,1H3,(H2,18,19). The van der Waals surface area contributed by atoms with Crippen molar-refractivity contribution in [2.45, 2.75) is 6.42 Å². The van der Waals surface area contributed by atoms with Crippen LogP contribution in [-0.2, 0) is 11.2 Å². The molecule has 0 fully saturated rings. The van der Waals surface area contributed by atoms with E-state index >= 15 is 0 Å². The molecular formula is C16H18N2O3. The van der Waals surface area contributed by atoms with Gasteiger partial charge in [0.2, 0.25) is 0 Å². The van der Waals surface area contributed by atoms with Crippen molar-refractivity contribution in [3.05, 3.63) is 53.6 Å². The minimum absolute atomic E-state index is 0.262. The molecule has 5 nitrogen and oxygen atoms in total. The number of ether oxygens (including phenoxy) is 2. The van der Waals surface area contributed by atoms with Gasteiger partial charge in [-0.1, -0.05) is 12.1 Å². The van der Waals surface area contributed by atoms with Gasteiger partial charge < -0.3 is 20.9 Å². The number of nitrogen functional groups attached to an aromatic ring is 1. The molecule has 110 valence electrons. The zero-order chi connectivity index (χ0) is 15.2. The summed E-state index contributed by atoms with van der Waals surface area (Å²) in [6.07, 6.45) is 0.838. The van der Waals surface area contributed by atoms with Gasteiger partial charge in [-0.3, -0.25) is 4.79 Å². The fourth-order valence-corrected chi connectivity index (χ4v) is 1.90. The molecule has 2 aromatic rings. The van der Waals surface area contributed by atoms with Crippen LogP contribution in [0, 0.1) is 0 Å². The third kappa shape index (κ3) is 3.97. The van der Waals surface area contributed by atoms with Gasteiger partial charge in [-0.2, -0.15) is 0 Å². The van der Waals surface area contributed by atoms with Crippen molar-refractivity contribution in [1.29, 1.82) is 0 Å². The van der Waals surface area contributed by atoms with Crippen LogP contribution in [0.15, 0.2) is 42.5 Å². The highest BCUT2D eigenvalue weighted by molar-refractivity contribution is 5.96. The van der Waals surface area contributed by atoms with Gasteiger partial charge in [0.15, 0.2) is 0 Å². The molecule has 21 heavy (non-hydrogen) atoms. The van der Waals surface area contributed by atoms with Gasteiger partial charge >= 0.3 is 0 Å². The van der Waals surface area contributed by atoms with Crippen molar-refractivity contribution in [3.63, 3.8) is 0 Å². The summed E-state index contributed by atoms with van der Waals surface area (Å²) in [4.78, 5) is 11.4. The van der Waals surface area contributed by atoms with Crippen LogP contribution in [0.3, 0.4) is 0 Å². The number of amides is 1. The first-order valence-electron chi connectivity index (χ1n) is 6.55. The fourth-order valence-electron chi connectivity index (χ4n) is 1.90. The Kier molecular flexibility index (Phi) is 4.79. The number of anilines is 1. The molecule has 1 amide bonds. The predicted molar refractivity (Wildman–Crippen MR) is 81.5 cm³/mol. The van der Waals surface area contributed by atoms with E-state index in [1.165, 1.54) is 6.07 Å². The maximum absolute atomic E-state index is 11.4. The molecule has 0 atom stereocenters. The van der Waals surface area contributed by atoms with Crippen LogP contribution in [0.2, 0.25) is 0 Å². The van der Waals surface area contributed by atoms with E-state index in [-0.39, 0.29) is 5.56 Å². The second kappa shape index (κ2) is 6.76. The van der Waals surface area contributed by atoms with Crippen LogP contribution in [0.1, 0.15) is 15.9 Å². The molecule has 4 N–H and O–H groups in total. The smallest absolute Gasteiger partial charge is 0.252 e. The summed E-state index contributed by atoms with van der Waals surface area (Å²) in [7, 11) is 1.67. The molecule has 0 saturated carbocycles. The Bertz CT molecular complexity index is 624. The average Bonchev–Trinajstić information content (AvgIpc) is 2.48. The lowest BCUT2D eigenvalue weighted by atomic mass is 10.1. The number of methoxy groups -OCH3 is 1. The average molecular weight is 286 g/mol. The monoisotopic (exact) mass is 286 g/mol. The van der Waals surface area contributed by atoms with Gasteiger partial charge in [0, 0.05) is 12.8 Å². The zero-order valence-electron chi connectivity index (χ0n) is 11.8. The summed E-state index contributed by atoms with van der Waals surface area (Å²) in [5.41, 5.74) is 12.9. The van der Waals surface area contributed by atoms with Crippen LogP contribution in [0.4, 0.5) is 5.69 Å². The lowest BCUT2D eigenvalue weighted by Gasteiger charge is -2.10. The zero-order valence-corrected chi connectivity index (χ0v) is 11.8. The molecule has 0 saturated heterocycles. The van der Waals surface area contributed by atoms with Crippen molar-refractivity contribution in [2.75, 3.05) is 19.5 Å². The Morgan fingerprint density at radius 2 is 1.86 bits per heavy atom. The van der Waals surface area contributed by atoms with Gasteiger partial charge in [-0.25, -0.2) is 0 Å². The van der Waals surface area contributed by atoms with Crippen LogP contribution in [-0.4, -0.2) is 19.6 Å². The third-order valence-electron chi connectivity index (χ3n) is 3.02. The Labute approximate surface area is 123 Å². The fraction of sp³-hybridized carbons (Fsp3) is 0.188. The van der Waals surface area contributed by atoms with Crippen LogP contribution < -0.4 is 16.2 Å². The number of hydrogen-bond acceptors (Lipinski definition) is 4. The van der Waals surface area contributed by atoms with E-state index in [0.29, 0.717) is 23.8 Å². The number of nitrogens with two attached hydrogens (primary N) is 2.